The maximum Gasteiger partial charge on any atom is 0.261 e. The molecule has 0 radical (unpaired) electrons. The third kappa shape index (κ3) is 4.65. The van der Waals surface area contributed by atoms with Crippen molar-refractivity contribution in [1.82, 2.24) is 5.32 Å². The van der Waals surface area contributed by atoms with Gasteiger partial charge in [0.2, 0.25) is 0 Å². The number of benzene rings is 1. The summed E-state index contributed by atoms with van der Waals surface area (Å²) in [6, 6.07) is 4.88. The molecule has 2 amide bonds. The van der Waals surface area contributed by atoms with Crippen molar-refractivity contribution in [3.8, 4) is 11.5 Å². The lowest BCUT2D eigenvalue weighted by molar-refractivity contribution is -0.128. The number of carbonyl (C=O) groups excluding carboxylic acids is 2. The molecule has 1 aliphatic carbocycles. The number of rotatable bonds is 6. The van der Waals surface area contributed by atoms with Gasteiger partial charge in [-0.15, -0.1) is 0 Å². The zero-order valence-electron chi connectivity index (χ0n) is 15.4. The normalized spacial score (nSPS) is 24.2. The largest absolute Gasteiger partial charge is 0.497 e. The number of primary amides is 1. The van der Waals surface area contributed by atoms with E-state index in [0.29, 0.717) is 17.6 Å². The maximum atomic E-state index is 12.5. The SMILES string of the molecule is COc1ccc(C(N)=O)c(O[C@H](C)C(=O)N[C@@H]2CCC[C@@H](C)[C@@H]2C)c1. The van der Waals surface area contributed by atoms with Gasteiger partial charge in [0.15, 0.2) is 6.10 Å². The van der Waals surface area contributed by atoms with E-state index in [9.17, 15) is 9.59 Å². The first-order chi connectivity index (χ1) is 11.8. The summed E-state index contributed by atoms with van der Waals surface area (Å²) in [7, 11) is 1.52. The average Bonchev–Trinajstić information content (AvgIpc) is 2.58. The third-order valence-corrected chi connectivity index (χ3v) is 5.16. The lowest BCUT2D eigenvalue weighted by Gasteiger charge is -2.35. The van der Waals surface area contributed by atoms with E-state index in [1.807, 2.05) is 0 Å². The first kappa shape index (κ1) is 19.1. The Hall–Kier alpha value is -2.24. The van der Waals surface area contributed by atoms with Gasteiger partial charge in [-0.2, -0.15) is 0 Å². The molecule has 0 bridgehead atoms. The van der Waals surface area contributed by atoms with E-state index in [2.05, 4.69) is 19.2 Å². The zero-order chi connectivity index (χ0) is 18.6. The highest BCUT2D eigenvalue weighted by Crippen LogP contribution is 2.30. The Morgan fingerprint density at radius 3 is 2.64 bits per heavy atom. The first-order valence-corrected chi connectivity index (χ1v) is 8.78. The van der Waals surface area contributed by atoms with Crippen molar-refractivity contribution in [2.45, 2.75) is 52.2 Å². The molecule has 0 spiro atoms. The Balaban J connectivity index is 2.07. The van der Waals surface area contributed by atoms with Crippen molar-refractivity contribution in [3.63, 3.8) is 0 Å². The van der Waals surface area contributed by atoms with Crippen molar-refractivity contribution < 1.29 is 19.1 Å². The van der Waals surface area contributed by atoms with Crippen molar-refractivity contribution in [3.05, 3.63) is 23.8 Å². The predicted octanol–water partition coefficient (Wildman–Crippen LogP) is 2.50. The Morgan fingerprint density at radius 1 is 1.28 bits per heavy atom. The highest BCUT2D eigenvalue weighted by molar-refractivity contribution is 5.96. The van der Waals surface area contributed by atoms with Crippen LogP contribution in [0.5, 0.6) is 11.5 Å². The number of nitrogens with one attached hydrogen (secondary N) is 1. The van der Waals surface area contributed by atoms with Crippen LogP contribution >= 0.6 is 0 Å². The first-order valence-electron chi connectivity index (χ1n) is 8.78. The van der Waals surface area contributed by atoms with Crippen LogP contribution in [0.3, 0.4) is 0 Å². The predicted molar refractivity (Wildman–Crippen MR) is 95.7 cm³/mol. The van der Waals surface area contributed by atoms with Gasteiger partial charge in [0.05, 0.1) is 12.7 Å². The van der Waals surface area contributed by atoms with Crippen molar-refractivity contribution >= 4 is 11.8 Å². The van der Waals surface area contributed by atoms with Crippen LogP contribution in [0.25, 0.3) is 0 Å². The van der Waals surface area contributed by atoms with Crippen molar-refractivity contribution in [1.29, 1.82) is 0 Å². The molecule has 1 aliphatic rings. The van der Waals surface area contributed by atoms with Crippen molar-refractivity contribution in [2.24, 2.45) is 17.6 Å². The van der Waals surface area contributed by atoms with Gasteiger partial charge in [-0.05, 0) is 37.3 Å². The molecule has 25 heavy (non-hydrogen) atoms. The maximum absolute atomic E-state index is 12.5. The standard InChI is InChI=1S/C19H28N2O4/c1-11-6-5-7-16(12(11)2)21-19(23)13(3)25-17-10-14(24-4)8-9-15(17)18(20)22/h8-13,16H,5-7H2,1-4H3,(H2,20,22)(H,21,23)/t11-,12+,13-,16-/m1/s1. The quantitative estimate of drug-likeness (QED) is 0.826. The van der Waals surface area contributed by atoms with Crippen LogP contribution in [0.15, 0.2) is 18.2 Å². The number of hydrogen-bond acceptors (Lipinski definition) is 4. The topological polar surface area (TPSA) is 90.7 Å². The number of ether oxygens (including phenoxy) is 2. The van der Waals surface area contributed by atoms with Crippen molar-refractivity contribution in [2.75, 3.05) is 7.11 Å². The minimum Gasteiger partial charge on any atom is -0.497 e. The lowest BCUT2D eigenvalue weighted by Crippen LogP contribution is -2.48. The summed E-state index contributed by atoms with van der Waals surface area (Å²) in [6.07, 6.45) is 2.56. The van der Waals surface area contributed by atoms with E-state index in [-0.39, 0.29) is 23.3 Å². The van der Waals surface area contributed by atoms with Gasteiger partial charge in [-0.25, -0.2) is 0 Å². The van der Waals surface area contributed by atoms with Gasteiger partial charge < -0.3 is 20.5 Å². The second-order valence-corrected chi connectivity index (χ2v) is 6.87. The number of hydrogen-bond donors (Lipinski definition) is 2. The molecule has 4 atom stereocenters. The summed E-state index contributed by atoms with van der Waals surface area (Å²) in [5.74, 6) is 1.00. The smallest absolute Gasteiger partial charge is 0.261 e. The summed E-state index contributed by atoms with van der Waals surface area (Å²) in [6.45, 7) is 6.06. The summed E-state index contributed by atoms with van der Waals surface area (Å²) in [4.78, 5) is 24.1. The fourth-order valence-corrected chi connectivity index (χ4v) is 3.26. The molecule has 6 nitrogen and oxygen atoms in total. The molecule has 0 heterocycles. The summed E-state index contributed by atoms with van der Waals surface area (Å²) in [5.41, 5.74) is 5.60. The molecular weight excluding hydrogens is 320 g/mol. The van der Waals surface area contributed by atoms with E-state index in [4.69, 9.17) is 15.2 Å². The fourth-order valence-electron chi connectivity index (χ4n) is 3.26. The lowest BCUT2D eigenvalue weighted by atomic mass is 9.78. The highest BCUT2D eigenvalue weighted by Gasteiger charge is 2.30. The van der Waals surface area contributed by atoms with E-state index in [1.165, 1.54) is 19.6 Å². The molecule has 3 N–H and O–H groups in total. The minimum atomic E-state index is -0.741. The minimum absolute atomic E-state index is 0.156. The molecule has 1 fully saturated rings. The van der Waals surface area contributed by atoms with Gasteiger partial charge in [-0.1, -0.05) is 26.7 Å². The van der Waals surface area contributed by atoms with Crippen LogP contribution in [0.1, 0.15) is 50.4 Å². The number of amides is 2. The van der Waals surface area contributed by atoms with Crippen LogP contribution in [0, 0.1) is 11.8 Å². The Labute approximate surface area is 149 Å². The van der Waals surface area contributed by atoms with E-state index in [1.54, 1.807) is 19.1 Å². The summed E-state index contributed by atoms with van der Waals surface area (Å²) >= 11 is 0. The van der Waals surface area contributed by atoms with Gasteiger partial charge >= 0.3 is 0 Å². The summed E-state index contributed by atoms with van der Waals surface area (Å²) in [5, 5.41) is 3.08. The molecule has 1 aromatic carbocycles. The second-order valence-electron chi connectivity index (χ2n) is 6.87. The summed E-state index contributed by atoms with van der Waals surface area (Å²) < 4.78 is 10.9. The van der Waals surface area contributed by atoms with Gasteiger partial charge in [0, 0.05) is 12.1 Å². The van der Waals surface area contributed by atoms with Crippen LogP contribution in [-0.4, -0.2) is 31.1 Å². The monoisotopic (exact) mass is 348 g/mol. The van der Waals surface area contributed by atoms with Crippen LogP contribution in [0.4, 0.5) is 0 Å². The van der Waals surface area contributed by atoms with Crippen LogP contribution in [0.2, 0.25) is 0 Å². The molecule has 0 aliphatic heterocycles. The number of methoxy groups -OCH3 is 1. The van der Waals surface area contributed by atoms with Crippen LogP contribution < -0.4 is 20.5 Å². The molecule has 1 aromatic rings. The Morgan fingerprint density at radius 2 is 2.00 bits per heavy atom. The molecule has 0 aromatic heterocycles. The van der Waals surface area contributed by atoms with E-state index >= 15 is 0 Å². The molecule has 0 saturated heterocycles. The van der Waals surface area contributed by atoms with Gasteiger partial charge in [-0.3, -0.25) is 9.59 Å². The zero-order valence-corrected chi connectivity index (χ0v) is 15.4. The molecule has 1 saturated carbocycles. The van der Waals surface area contributed by atoms with Gasteiger partial charge in [0.1, 0.15) is 11.5 Å². The number of nitrogens with two attached hydrogens (primary N) is 1. The second kappa shape index (κ2) is 8.23. The average molecular weight is 348 g/mol. The molecule has 0 unspecified atom stereocenters. The highest BCUT2D eigenvalue weighted by atomic mass is 16.5. The Bertz CT molecular complexity index is 632. The molecular formula is C19H28N2O4. The molecule has 2 rings (SSSR count). The third-order valence-electron chi connectivity index (χ3n) is 5.16. The Kier molecular flexibility index (Phi) is 6.28. The molecule has 6 heteroatoms. The van der Waals surface area contributed by atoms with Gasteiger partial charge in [0.25, 0.3) is 11.8 Å². The van der Waals surface area contributed by atoms with Crippen LogP contribution in [-0.2, 0) is 4.79 Å². The van der Waals surface area contributed by atoms with E-state index in [0.717, 1.165) is 12.8 Å². The fraction of sp³-hybridized carbons (Fsp3) is 0.579. The molecule has 138 valence electrons. The van der Waals surface area contributed by atoms with E-state index < -0.39 is 12.0 Å². The number of carbonyl (C=O) groups is 2.